The van der Waals surface area contributed by atoms with E-state index in [2.05, 4.69) is 10.6 Å². The van der Waals surface area contributed by atoms with Crippen molar-refractivity contribution >= 4 is 23.4 Å². The van der Waals surface area contributed by atoms with Crippen LogP contribution < -0.4 is 10.6 Å². The average Bonchev–Trinajstić information content (AvgIpc) is 2.82. The highest BCUT2D eigenvalue weighted by molar-refractivity contribution is 5.94. The third kappa shape index (κ3) is 7.31. The van der Waals surface area contributed by atoms with Crippen molar-refractivity contribution in [2.45, 2.75) is 19.0 Å². The Morgan fingerprint density at radius 3 is 2.21 bits per heavy atom. The van der Waals surface area contributed by atoms with Crippen LogP contribution in [0.3, 0.4) is 0 Å². The van der Waals surface area contributed by atoms with Gasteiger partial charge in [0.05, 0.1) is 17.8 Å². The van der Waals surface area contributed by atoms with Crippen LogP contribution >= 0.6 is 0 Å². The third-order valence-corrected chi connectivity index (χ3v) is 5.49. The molecule has 1 heterocycles. The van der Waals surface area contributed by atoms with Gasteiger partial charge in [0.2, 0.25) is 11.8 Å². The van der Waals surface area contributed by atoms with Gasteiger partial charge in [0, 0.05) is 44.7 Å². The molecular weight excluding hydrogens is 449 g/mol. The number of hydrogen-bond donors (Lipinski definition) is 2. The van der Waals surface area contributed by atoms with Gasteiger partial charge in [0.15, 0.2) is 0 Å². The summed E-state index contributed by atoms with van der Waals surface area (Å²) in [4.78, 5) is 40.2. The lowest BCUT2D eigenvalue weighted by Gasteiger charge is -2.34. The van der Waals surface area contributed by atoms with Crippen molar-refractivity contribution in [1.82, 2.24) is 15.1 Å². The van der Waals surface area contributed by atoms with Crippen LogP contribution in [0, 0.1) is 0 Å². The van der Waals surface area contributed by atoms with Crippen molar-refractivity contribution in [2.75, 3.05) is 44.6 Å². The lowest BCUT2D eigenvalue weighted by molar-refractivity contribution is -0.137. The first kappa shape index (κ1) is 25.2. The van der Waals surface area contributed by atoms with Crippen LogP contribution in [0.2, 0.25) is 0 Å². The largest absolute Gasteiger partial charge is 0.418 e. The molecule has 2 aromatic carbocycles. The molecule has 1 aliphatic heterocycles. The summed E-state index contributed by atoms with van der Waals surface area (Å²) in [5.74, 6) is -0.749. The average molecular weight is 476 g/mol. The van der Waals surface area contributed by atoms with Crippen molar-refractivity contribution in [1.29, 1.82) is 0 Å². The molecule has 0 aromatic heterocycles. The predicted molar refractivity (Wildman–Crippen MR) is 121 cm³/mol. The molecule has 10 heteroatoms. The molecule has 0 saturated carbocycles. The number of para-hydroxylation sites is 1. The van der Waals surface area contributed by atoms with Gasteiger partial charge in [0.25, 0.3) is 5.91 Å². The Morgan fingerprint density at radius 1 is 0.882 bits per heavy atom. The Kier molecular flexibility index (Phi) is 8.64. The van der Waals surface area contributed by atoms with Crippen LogP contribution in [0.5, 0.6) is 0 Å². The molecule has 1 aliphatic rings. The Labute approximate surface area is 195 Å². The van der Waals surface area contributed by atoms with Crippen molar-refractivity contribution in [3.63, 3.8) is 0 Å². The molecule has 2 aromatic rings. The minimum absolute atomic E-state index is 0.0304. The third-order valence-electron chi connectivity index (χ3n) is 5.49. The zero-order chi connectivity index (χ0) is 24.6. The number of benzene rings is 2. The van der Waals surface area contributed by atoms with Crippen LogP contribution in [0.15, 0.2) is 54.6 Å². The van der Waals surface area contributed by atoms with Crippen LogP contribution in [-0.4, -0.2) is 66.8 Å². The fourth-order valence-corrected chi connectivity index (χ4v) is 3.68. The van der Waals surface area contributed by atoms with E-state index in [9.17, 15) is 27.6 Å². The molecule has 3 rings (SSSR count). The summed E-state index contributed by atoms with van der Waals surface area (Å²) >= 11 is 0. The smallest absolute Gasteiger partial charge is 0.352 e. The molecule has 0 atom stereocenters. The van der Waals surface area contributed by atoms with E-state index in [0.717, 1.165) is 6.07 Å². The number of amides is 3. The van der Waals surface area contributed by atoms with Gasteiger partial charge in [-0.2, -0.15) is 13.2 Å². The van der Waals surface area contributed by atoms with Crippen LogP contribution in [0.25, 0.3) is 0 Å². The van der Waals surface area contributed by atoms with Crippen molar-refractivity contribution < 1.29 is 27.6 Å². The molecule has 7 nitrogen and oxygen atoms in total. The molecule has 3 amide bonds. The number of rotatable bonds is 8. The Hall–Kier alpha value is -3.40. The van der Waals surface area contributed by atoms with Crippen molar-refractivity contribution in [2.24, 2.45) is 0 Å². The Bertz CT molecular complexity index is 990. The van der Waals surface area contributed by atoms with E-state index in [-0.39, 0.29) is 24.0 Å². The zero-order valence-corrected chi connectivity index (χ0v) is 18.6. The van der Waals surface area contributed by atoms with Crippen molar-refractivity contribution in [3.8, 4) is 0 Å². The summed E-state index contributed by atoms with van der Waals surface area (Å²) in [6.07, 6.45) is -3.75. The lowest BCUT2D eigenvalue weighted by atomic mass is 10.1. The lowest BCUT2D eigenvalue weighted by Crippen LogP contribution is -2.50. The van der Waals surface area contributed by atoms with Gasteiger partial charge in [-0.25, -0.2) is 0 Å². The van der Waals surface area contributed by atoms with Gasteiger partial charge in [-0.1, -0.05) is 30.3 Å². The Balaban J connectivity index is 1.36. The van der Waals surface area contributed by atoms with E-state index in [1.54, 1.807) is 34.1 Å². The van der Waals surface area contributed by atoms with Gasteiger partial charge in [-0.05, 0) is 30.7 Å². The number of piperazine rings is 1. The first-order valence-corrected chi connectivity index (χ1v) is 11.0. The molecule has 0 aliphatic carbocycles. The first-order chi connectivity index (χ1) is 16.2. The number of nitrogens with zero attached hydrogens (tertiary/aromatic N) is 2. The highest BCUT2D eigenvalue weighted by Crippen LogP contribution is 2.34. The first-order valence-electron chi connectivity index (χ1n) is 11.0. The summed E-state index contributed by atoms with van der Waals surface area (Å²) < 4.78 is 39.3. The highest BCUT2D eigenvalue weighted by Gasteiger charge is 2.33. The normalized spacial score (nSPS) is 14.5. The van der Waals surface area contributed by atoms with E-state index in [0.29, 0.717) is 51.1 Å². The van der Waals surface area contributed by atoms with E-state index in [4.69, 9.17) is 0 Å². The second-order valence-electron chi connectivity index (χ2n) is 7.97. The van der Waals surface area contributed by atoms with E-state index < -0.39 is 17.6 Å². The van der Waals surface area contributed by atoms with E-state index in [1.165, 1.54) is 18.2 Å². The number of halogens is 3. The zero-order valence-electron chi connectivity index (χ0n) is 18.6. The number of carbonyl (C=O) groups excluding carboxylic acids is 3. The molecule has 34 heavy (non-hydrogen) atoms. The Morgan fingerprint density at radius 2 is 1.53 bits per heavy atom. The molecule has 1 saturated heterocycles. The summed E-state index contributed by atoms with van der Waals surface area (Å²) in [5, 5.41) is 5.12. The second-order valence-corrected chi connectivity index (χ2v) is 7.97. The minimum atomic E-state index is -4.56. The van der Waals surface area contributed by atoms with E-state index >= 15 is 0 Å². The fraction of sp³-hybridized carbons (Fsp3) is 0.375. The number of nitrogens with one attached hydrogen (secondary N) is 2. The summed E-state index contributed by atoms with van der Waals surface area (Å²) in [7, 11) is 0. The quantitative estimate of drug-likeness (QED) is 0.574. The van der Waals surface area contributed by atoms with Gasteiger partial charge in [0.1, 0.15) is 0 Å². The van der Waals surface area contributed by atoms with Crippen LogP contribution in [0.1, 0.15) is 28.8 Å². The van der Waals surface area contributed by atoms with Crippen LogP contribution in [0.4, 0.5) is 18.9 Å². The standard InChI is InChI=1S/C24H27F3N4O3/c25-24(26,27)19-9-4-5-10-20(19)29-21(32)17-30-13-15-31(16-14-30)22(33)11-6-12-28-23(34)18-7-2-1-3-8-18/h1-5,7-10H,6,11-17H2,(H,28,34)(H,29,32). The number of hydrogen-bond acceptors (Lipinski definition) is 4. The molecule has 1 fully saturated rings. The monoisotopic (exact) mass is 476 g/mol. The maximum Gasteiger partial charge on any atom is 0.418 e. The maximum atomic E-state index is 13.1. The molecule has 0 radical (unpaired) electrons. The SMILES string of the molecule is O=C(CN1CCN(C(=O)CCCNC(=O)c2ccccc2)CC1)Nc1ccccc1C(F)(F)F. The molecular formula is C24H27F3N4O3. The molecule has 0 unspecified atom stereocenters. The highest BCUT2D eigenvalue weighted by atomic mass is 19.4. The second kappa shape index (κ2) is 11.6. The van der Waals surface area contributed by atoms with Crippen LogP contribution in [-0.2, 0) is 15.8 Å². The van der Waals surface area contributed by atoms with Gasteiger partial charge < -0.3 is 15.5 Å². The summed E-state index contributed by atoms with van der Waals surface area (Å²) in [6.45, 7) is 2.09. The number of anilines is 1. The summed E-state index contributed by atoms with van der Waals surface area (Å²) in [5.41, 5.74) is -0.595. The predicted octanol–water partition coefficient (Wildman–Crippen LogP) is 3.00. The molecule has 0 bridgehead atoms. The number of carbonyl (C=O) groups is 3. The topological polar surface area (TPSA) is 81.8 Å². The van der Waals surface area contributed by atoms with Gasteiger partial charge in [-0.3, -0.25) is 19.3 Å². The van der Waals surface area contributed by atoms with Gasteiger partial charge >= 0.3 is 6.18 Å². The molecule has 2 N–H and O–H groups in total. The molecule has 0 spiro atoms. The maximum absolute atomic E-state index is 13.1. The summed E-state index contributed by atoms with van der Waals surface area (Å²) in [6, 6.07) is 13.7. The molecule has 182 valence electrons. The minimum Gasteiger partial charge on any atom is -0.352 e. The van der Waals surface area contributed by atoms with Crippen molar-refractivity contribution in [3.05, 3.63) is 65.7 Å². The van der Waals surface area contributed by atoms with E-state index in [1.807, 2.05) is 6.07 Å². The number of alkyl halides is 3. The fourth-order valence-electron chi connectivity index (χ4n) is 3.68. The van der Waals surface area contributed by atoms with Gasteiger partial charge in [-0.15, -0.1) is 0 Å².